The molecule has 1 aliphatic rings. The third-order valence-corrected chi connectivity index (χ3v) is 3.86. The predicted octanol–water partition coefficient (Wildman–Crippen LogP) is 1.24. The first-order valence-corrected chi connectivity index (χ1v) is 6.70. The highest BCUT2D eigenvalue weighted by Crippen LogP contribution is 2.24. The van der Waals surface area contributed by atoms with Gasteiger partial charge in [-0.15, -0.1) is 0 Å². The third kappa shape index (κ3) is 3.91. The molecular weight excluding hydrogens is 216 g/mol. The summed E-state index contributed by atoms with van der Waals surface area (Å²) in [7, 11) is 0. The Morgan fingerprint density at radius 3 is 2.41 bits per heavy atom. The van der Waals surface area contributed by atoms with Gasteiger partial charge in [0.25, 0.3) is 0 Å². The summed E-state index contributed by atoms with van der Waals surface area (Å²) in [6.45, 7) is 12.7. The average Bonchev–Trinajstić information content (AvgIpc) is 2.35. The maximum atomic E-state index is 6.33. The van der Waals surface area contributed by atoms with Crippen molar-refractivity contribution in [1.82, 2.24) is 4.90 Å². The van der Waals surface area contributed by atoms with E-state index in [2.05, 4.69) is 18.7 Å². The van der Waals surface area contributed by atoms with Crippen LogP contribution in [0.4, 0.5) is 0 Å². The number of ether oxygens (including phenoxy) is 2. The second kappa shape index (κ2) is 6.69. The highest BCUT2D eigenvalue weighted by atomic mass is 16.5. The van der Waals surface area contributed by atoms with E-state index in [1.165, 1.54) is 0 Å². The molecule has 1 aliphatic heterocycles. The van der Waals surface area contributed by atoms with E-state index in [9.17, 15) is 0 Å². The molecule has 0 saturated carbocycles. The Morgan fingerprint density at radius 1 is 1.35 bits per heavy atom. The molecule has 1 fully saturated rings. The van der Waals surface area contributed by atoms with E-state index in [0.717, 1.165) is 32.7 Å². The van der Waals surface area contributed by atoms with Crippen molar-refractivity contribution in [2.24, 2.45) is 5.73 Å². The fourth-order valence-corrected chi connectivity index (χ4v) is 2.27. The van der Waals surface area contributed by atoms with Crippen LogP contribution in [-0.4, -0.2) is 55.5 Å². The minimum Gasteiger partial charge on any atom is -0.379 e. The van der Waals surface area contributed by atoms with Crippen molar-refractivity contribution in [3.63, 3.8) is 0 Å². The lowest BCUT2D eigenvalue weighted by Gasteiger charge is -2.46. The van der Waals surface area contributed by atoms with Gasteiger partial charge in [-0.05, 0) is 27.2 Å². The van der Waals surface area contributed by atoms with Crippen molar-refractivity contribution < 1.29 is 9.47 Å². The van der Waals surface area contributed by atoms with Gasteiger partial charge in [-0.2, -0.15) is 0 Å². The molecule has 2 atom stereocenters. The van der Waals surface area contributed by atoms with Crippen LogP contribution in [-0.2, 0) is 9.47 Å². The van der Waals surface area contributed by atoms with Crippen LogP contribution in [0.1, 0.15) is 34.1 Å². The largest absolute Gasteiger partial charge is 0.379 e. The van der Waals surface area contributed by atoms with Gasteiger partial charge in [-0.1, -0.05) is 6.92 Å². The van der Waals surface area contributed by atoms with Gasteiger partial charge >= 0.3 is 0 Å². The van der Waals surface area contributed by atoms with Gasteiger partial charge in [-0.3, -0.25) is 4.90 Å². The molecular formula is C13H28N2O2. The quantitative estimate of drug-likeness (QED) is 0.763. The summed E-state index contributed by atoms with van der Waals surface area (Å²) < 4.78 is 11.1. The molecule has 0 spiro atoms. The summed E-state index contributed by atoms with van der Waals surface area (Å²) in [5, 5.41) is 0. The second-order valence-corrected chi connectivity index (χ2v) is 5.30. The predicted molar refractivity (Wildman–Crippen MR) is 70.2 cm³/mol. The fraction of sp³-hybridized carbons (Fsp3) is 1.00. The van der Waals surface area contributed by atoms with Gasteiger partial charge < -0.3 is 15.2 Å². The highest BCUT2D eigenvalue weighted by molar-refractivity contribution is 4.95. The molecule has 0 amide bonds. The van der Waals surface area contributed by atoms with Gasteiger partial charge in [0.15, 0.2) is 0 Å². The maximum Gasteiger partial charge on any atom is 0.0639 e. The Kier molecular flexibility index (Phi) is 5.86. The first kappa shape index (κ1) is 14.9. The summed E-state index contributed by atoms with van der Waals surface area (Å²) in [5.41, 5.74) is 6.35. The molecule has 4 nitrogen and oxygen atoms in total. The van der Waals surface area contributed by atoms with Crippen LogP contribution in [0.3, 0.4) is 0 Å². The number of nitrogens with two attached hydrogens (primary N) is 1. The maximum absolute atomic E-state index is 6.33. The number of hydrogen-bond acceptors (Lipinski definition) is 4. The summed E-state index contributed by atoms with van der Waals surface area (Å²) >= 11 is 0. The second-order valence-electron chi connectivity index (χ2n) is 5.30. The van der Waals surface area contributed by atoms with Crippen LogP contribution >= 0.6 is 0 Å². The summed E-state index contributed by atoms with van der Waals surface area (Å²) in [6, 6.07) is 0.0491. The molecule has 102 valence electrons. The highest BCUT2D eigenvalue weighted by Gasteiger charge is 2.37. The molecule has 2 unspecified atom stereocenters. The van der Waals surface area contributed by atoms with Crippen molar-refractivity contribution in [2.45, 2.75) is 51.8 Å². The normalized spacial score (nSPS) is 23.6. The van der Waals surface area contributed by atoms with E-state index in [1.54, 1.807) is 0 Å². The van der Waals surface area contributed by atoms with Gasteiger partial charge in [0, 0.05) is 24.7 Å². The number of hydrogen-bond donors (Lipinski definition) is 1. The molecule has 0 aliphatic carbocycles. The SMILES string of the molecule is CCC(C)(C(N)COC(C)C)N1CCOCC1. The van der Waals surface area contributed by atoms with E-state index < -0.39 is 0 Å². The molecule has 1 rings (SSSR count). The Hall–Kier alpha value is -0.160. The molecule has 0 aromatic rings. The monoisotopic (exact) mass is 244 g/mol. The van der Waals surface area contributed by atoms with Crippen molar-refractivity contribution in [3.8, 4) is 0 Å². The zero-order valence-corrected chi connectivity index (χ0v) is 11.7. The Labute approximate surface area is 105 Å². The van der Waals surface area contributed by atoms with Crippen LogP contribution in [0.25, 0.3) is 0 Å². The summed E-state index contributed by atoms with van der Waals surface area (Å²) in [5.74, 6) is 0. The molecule has 0 aromatic heterocycles. The lowest BCUT2D eigenvalue weighted by molar-refractivity contribution is -0.0451. The zero-order chi connectivity index (χ0) is 12.9. The van der Waals surface area contributed by atoms with Gasteiger partial charge in [-0.25, -0.2) is 0 Å². The number of rotatable bonds is 6. The van der Waals surface area contributed by atoms with E-state index in [-0.39, 0.29) is 17.7 Å². The molecule has 0 aromatic carbocycles. The van der Waals surface area contributed by atoms with Gasteiger partial charge in [0.1, 0.15) is 0 Å². The fourth-order valence-electron chi connectivity index (χ4n) is 2.27. The van der Waals surface area contributed by atoms with Crippen LogP contribution in [0, 0.1) is 0 Å². The van der Waals surface area contributed by atoms with E-state index in [0.29, 0.717) is 6.61 Å². The average molecular weight is 244 g/mol. The van der Waals surface area contributed by atoms with Crippen LogP contribution in [0.2, 0.25) is 0 Å². The molecule has 4 heteroatoms. The summed E-state index contributed by atoms with van der Waals surface area (Å²) in [4.78, 5) is 2.45. The molecule has 0 bridgehead atoms. The van der Waals surface area contributed by atoms with Crippen LogP contribution in [0.15, 0.2) is 0 Å². The molecule has 2 N–H and O–H groups in total. The van der Waals surface area contributed by atoms with E-state index in [1.807, 2.05) is 13.8 Å². The third-order valence-electron chi connectivity index (χ3n) is 3.86. The van der Waals surface area contributed by atoms with Gasteiger partial charge in [0.05, 0.1) is 25.9 Å². The van der Waals surface area contributed by atoms with Crippen molar-refractivity contribution in [1.29, 1.82) is 0 Å². The van der Waals surface area contributed by atoms with E-state index in [4.69, 9.17) is 15.2 Å². The first-order chi connectivity index (χ1) is 8.00. The molecule has 1 heterocycles. The van der Waals surface area contributed by atoms with Crippen LogP contribution < -0.4 is 5.73 Å². The lowest BCUT2D eigenvalue weighted by atomic mass is 9.87. The zero-order valence-electron chi connectivity index (χ0n) is 11.7. The lowest BCUT2D eigenvalue weighted by Crippen LogP contribution is -2.62. The summed E-state index contributed by atoms with van der Waals surface area (Å²) in [6.07, 6.45) is 1.28. The number of morpholine rings is 1. The molecule has 17 heavy (non-hydrogen) atoms. The minimum atomic E-state index is 0.0126. The molecule has 1 saturated heterocycles. The van der Waals surface area contributed by atoms with Crippen molar-refractivity contribution in [2.75, 3.05) is 32.9 Å². The Morgan fingerprint density at radius 2 is 1.94 bits per heavy atom. The smallest absolute Gasteiger partial charge is 0.0639 e. The standard InChI is InChI=1S/C13H28N2O2/c1-5-13(4,12(14)10-17-11(2)3)15-6-8-16-9-7-15/h11-12H,5-10,14H2,1-4H3. The minimum absolute atomic E-state index is 0.0126. The number of nitrogens with zero attached hydrogens (tertiary/aromatic N) is 1. The van der Waals surface area contributed by atoms with E-state index >= 15 is 0 Å². The topological polar surface area (TPSA) is 47.7 Å². The van der Waals surface area contributed by atoms with Crippen molar-refractivity contribution >= 4 is 0 Å². The Balaban J connectivity index is 2.58. The van der Waals surface area contributed by atoms with Crippen molar-refractivity contribution in [3.05, 3.63) is 0 Å². The van der Waals surface area contributed by atoms with Crippen LogP contribution in [0.5, 0.6) is 0 Å². The van der Waals surface area contributed by atoms with Gasteiger partial charge in [0.2, 0.25) is 0 Å². The Bertz CT molecular complexity index is 217. The first-order valence-electron chi connectivity index (χ1n) is 6.70. The molecule has 0 radical (unpaired) electrons.